The molecule has 1 nitrogen and oxygen atoms in total. The van der Waals surface area contributed by atoms with Crippen LogP contribution in [0.4, 0.5) is 0 Å². The lowest BCUT2D eigenvalue weighted by Gasteiger charge is -1.97. The molecule has 0 amide bonds. The Kier molecular flexibility index (Phi) is 2.71. The lowest BCUT2D eigenvalue weighted by Crippen LogP contribution is -1.70. The van der Waals surface area contributed by atoms with Crippen LogP contribution >= 0.6 is 22.7 Å². The van der Waals surface area contributed by atoms with E-state index in [-0.39, 0.29) is 0 Å². The monoisotopic (exact) mass is 258 g/mol. The first kappa shape index (κ1) is 10.6. The third kappa shape index (κ3) is 2.12. The highest BCUT2D eigenvalue weighted by atomic mass is 32.1. The molecule has 3 heteroatoms. The number of hydrogen-bond acceptors (Lipinski definition) is 3. The Morgan fingerprint density at radius 1 is 0.824 bits per heavy atom. The molecule has 0 aliphatic rings. The molecular formula is C14H10OS2. The topological polar surface area (TPSA) is 20.2 Å². The van der Waals surface area contributed by atoms with Gasteiger partial charge in [0.05, 0.1) is 0 Å². The summed E-state index contributed by atoms with van der Waals surface area (Å²) in [7, 11) is 0. The summed E-state index contributed by atoms with van der Waals surface area (Å²) in [6.07, 6.45) is 0. The molecule has 17 heavy (non-hydrogen) atoms. The summed E-state index contributed by atoms with van der Waals surface area (Å²) in [5.74, 6) is 0.313. The first-order valence-corrected chi connectivity index (χ1v) is 6.96. The van der Waals surface area contributed by atoms with E-state index >= 15 is 0 Å². The maximum Gasteiger partial charge on any atom is 0.116 e. The third-order valence-electron chi connectivity index (χ3n) is 2.50. The second-order valence-electron chi connectivity index (χ2n) is 3.69. The van der Waals surface area contributed by atoms with Crippen molar-refractivity contribution in [3.63, 3.8) is 0 Å². The van der Waals surface area contributed by atoms with Crippen molar-refractivity contribution in [2.24, 2.45) is 0 Å². The molecule has 2 heterocycles. The van der Waals surface area contributed by atoms with Crippen molar-refractivity contribution in [3.05, 3.63) is 53.9 Å². The van der Waals surface area contributed by atoms with Crippen molar-refractivity contribution in [1.82, 2.24) is 0 Å². The SMILES string of the molecule is Oc1cccc(-c2ccc(-c3cccs3)s2)c1. The molecule has 2 aromatic heterocycles. The van der Waals surface area contributed by atoms with E-state index in [2.05, 4.69) is 29.6 Å². The predicted molar refractivity (Wildman–Crippen MR) is 74.7 cm³/mol. The highest BCUT2D eigenvalue weighted by molar-refractivity contribution is 7.23. The maximum atomic E-state index is 9.47. The summed E-state index contributed by atoms with van der Waals surface area (Å²) in [6.45, 7) is 0. The molecule has 3 rings (SSSR count). The molecular weight excluding hydrogens is 248 g/mol. The Labute approximate surface area is 108 Å². The minimum atomic E-state index is 0.313. The molecule has 3 aromatic rings. The van der Waals surface area contributed by atoms with Crippen molar-refractivity contribution >= 4 is 22.7 Å². The van der Waals surface area contributed by atoms with Gasteiger partial charge >= 0.3 is 0 Å². The Morgan fingerprint density at radius 3 is 2.47 bits per heavy atom. The predicted octanol–water partition coefficient (Wildman–Crippen LogP) is 4.85. The Bertz CT molecular complexity index is 623. The normalized spacial score (nSPS) is 10.6. The van der Waals surface area contributed by atoms with Gasteiger partial charge in [-0.25, -0.2) is 0 Å². The van der Waals surface area contributed by atoms with E-state index in [1.807, 2.05) is 12.1 Å². The average Bonchev–Trinajstić information content (AvgIpc) is 3.00. The Morgan fingerprint density at radius 2 is 1.71 bits per heavy atom. The first-order chi connectivity index (χ1) is 8.33. The molecule has 84 valence electrons. The summed E-state index contributed by atoms with van der Waals surface area (Å²) in [4.78, 5) is 3.75. The van der Waals surface area contributed by atoms with Gasteiger partial charge in [0.2, 0.25) is 0 Å². The second kappa shape index (κ2) is 4.35. The summed E-state index contributed by atoms with van der Waals surface area (Å²) in [5.41, 5.74) is 1.07. The van der Waals surface area contributed by atoms with E-state index in [9.17, 15) is 5.11 Å². The quantitative estimate of drug-likeness (QED) is 0.696. The van der Waals surface area contributed by atoms with Crippen LogP contribution in [0, 0.1) is 0 Å². The van der Waals surface area contributed by atoms with Crippen molar-refractivity contribution in [3.8, 4) is 25.9 Å². The molecule has 0 aliphatic carbocycles. The van der Waals surface area contributed by atoms with Gasteiger partial charge < -0.3 is 5.11 Å². The van der Waals surface area contributed by atoms with Crippen LogP contribution in [0.5, 0.6) is 5.75 Å². The largest absolute Gasteiger partial charge is 0.508 e. The van der Waals surface area contributed by atoms with E-state index in [1.165, 1.54) is 14.6 Å². The standard InChI is InChI=1S/C14H10OS2/c15-11-4-1-3-10(9-11)12-6-7-14(17-12)13-5-2-8-16-13/h1-9,15H. The van der Waals surface area contributed by atoms with Gasteiger partial charge in [0.1, 0.15) is 5.75 Å². The molecule has 0 saturated carbocycles. The fraction of sp³-hybridized carbons (Fsp3) is 0. The van der Waals surface area contributed by atoms with Crippen molar-refractivity contribution < 1.29 is 5.11 Å². The summed E-state index contributed by atoms with van der Waals surface area (Å²) >= 11 is 3.50. The van der Waals surface area contributed by atoms with Crippen LogP contribution in [0.15, 0.2) is 53.9 Å². The zero-order chi connectivity index (χ0) is 11.7. The van der Waals surface area contributed by atoms with E-state index in [1.54, 1.807) is 34.8 Å². The van der Waals surface area contributed by atoms with Gasteiger partial charge in [-0.2, -0.15) is 0 Å². The highest BCUT2D eigenvalue weighted by Gasteiger charge is 2.05. The number of phenols is 1. The summed E-state index contributed by atoms with van der Waals surface area (Å²) < 4.78 is 0. The highest BCUT2D eigenvalue weighted by Crippen LogP contribution is 2.37. The van der Waals surface area contributed by atoms with Crippen LogP contribution in [0.2, 0.25) is 0 Å². The van der Waals surface area contributed by atoms with E-state index in [0.717, 1.165) is 5.56 Å². The van der Waals surface area contributed by atoms with Gasteiger partial charge in [-0.3, -0.25) is 0 Å². The average molecular weight is 258 g/mol. The molecule has 0 atom stereocenters. The van der Waals surface area contributed by atoms with Crippen molar-refractivity contribution in [2.45, 2.75) is 0 Å². The fourth-order valence-corrected chi connectivity index (χ4v) is 3.54. The van der Waals surface area contributed by atoms with Gasteiger partial charge in [-0.15, -0.1) is 22.7 Å². The smallest absolute Gasteiger partial charge is 0.116 e. The molecule has 0 radical (unpaired) electrons. The van der Waals surface area contributed by atoms with Gasteiger partial charge in [-0.05, 0) is 41.3 Å². The first-order valence-electron chi connectivity index (χ1n) is 5.26. The molecule has 1 aromatic carbocycles. The van der Waals surface area contributed by atoms with E-state index in [0.29, 0.717) is 5.75 Å². The number of rotatable bonds is 2. The number of benzene rings is 1. The van der Waals surface area contributed by atoms with Crippen LogP contribution in [-0.4, -0.2) is 5.11 Å². The number of hydrogen-bond donors (Lipinski definition) is 1. The van der Waals surface area contributed by atoms with Crippen LogP contribution in [0.3, 0.4) is 0 Å². The van der Waals surface area contributed by atoms with Crippen LogP contribution < -0.4 is 0 Å². The summed E-state index contributed by atoms with van der Waals surface area (Å²) in [6, 6.07) is 15.8. The molecule has 0 saturated heterocycles. The van der Waals surface area contributed by atoms with E-state index < -0.39 is 0 Å². The minimum Gasteiger partial charge on any atom is -0.508 e. The second-order valence-corrected chi connectivity index (χ2v) is 5.72. The molecule has 0 aliphatic heterocycles. The molecule has 0 unspecified atom stereocenters. The van der Waals surface area contributed by atoms with Crippen LogP contribution in [0.1, 0.15) is 0 Å². The van der Waals surface area contributed by atoms with E-state index in [4.69, 9.17) is 0 Å². The zero-order valence-electron chi connectivity index (χ0n) is 8.96. The minimum absolute atomic E-state index is 0.313. The number of phenolic OH excluding ortho intramolecular Hbond substituents is 1. The lowest BCUT2D eigenvalue weighted by atomic mass is 10.2. The van der Waals surface area contributed by atoms with Crippen LogP contribution in [-0.2, 0) is 0 Å². The zero-order valence-corrected chi connectivity index (χ0v) is 10.6. The third-order valence-corrected chi connectivity index (χ3v) is 4.70. The van der Waals surface area contributed by atoms with Crippen LogP contribution in [0.25, 0.3) is 20.2 Å². The van der Waals surface area contributed by atoms with Crippen molar-refractivity contribution in [2.75, 3.05) is 0 Å². The molecule has 0 spiro atoms. The fourth-order valence-electron chi connectivity index (χ4n) is 1.70. The summed E-state index contributed by atoms with van der Waals surface area (Å²) in [5, 5.41) is 11.6. The number of thiophene rings is 2. The Balaban J connectivity index is 2.01. The van der Waals surface area contributed by atoms with Gasteiger partial charge in [0, 0.05) is 14.6 Å². The molecule has 1 N–H and O–H groups in total. The van der Waals surface area contributed by atoms with Crippen molar-refractivity contribution in [1.29, 1.82) is 0 Å². The number of aromatic hydroxyl groups is 1. The molecule has 0 bridgehead atoms. The lowest BCUT2D eigenvalue weighted by molar-refractivity contribution is 0.475. The Hall–Kier alpha value is -1.58. The van der Waals surface area contributed by atoms with Gasteiger partial charge in [-0.1, -0.05) is 18.2 Å². The maximum absolute atomic E-state index is 9.47. The van der Waals surface area contributed by atoms with Gasteiger partial charge in [0.15, 0.2) is 0 Å². The molecule has 0 fully saturated rings. The van der Waals surface area contributed by atoms with Gasteiger partial charge in [0.25, 0.3) is 0 Å².